The van der Waals surface area contributed by atoms with E-state index in [1.807, 2.05) is 18.7 Å². The molecule has 1 fully saturated rings. The normalized spacial score (nSPS) is 14.6. The highest BCUT2D eigenvalue weighted by Gasteiger charge is 2.22. The number of morpholine rings is 1. The van der Waals surface area contributed by atoms with Gasteiger partial charge in [0.2, 0.25) is 0 Å². The lowest BCUT2D eigenvalue weighted by Crippen LogP contribution is -2.41. The lowest BCUT2D eigenvalue weighted by Gasteiger charge is -2.30. The zero-order valence-corrected chi connectivity index (χ0v) is 13.3. The number of hydrogen-bond donors (Lipinski definition) is 1. The molecular formula is C16H22N2O4. The Morgan fingerprint density at radius 2 is 1.95 bits per heavy atom. The summed E-state index contributed by atoms with van der Waals surface area (Å²) in [4.78, 5) is 13.8. The number of nitrogens with zero attached hydrogens (tertiary/aromatic N) is 1. The molecule has 0 unspecified atom stereocenters. The van der Waals surface area contributed by atoms with Crippen molar-refractivity contribution in [1.29, 1.82) is 5.41 Å². The van der Waals surface area contributed by atoms with Crippen molar-refractivity contribution in [2.75, 3.05) is 40.0 Å². The van der Waals surface area contributed by atoms with Gasteiger partial charge in [-0.05, 0) is 26.0 Å². The largest absolute Gasteiger partial charge is 0.493 e. The second-order valence-electron chi connectivity index (χ2n) is 4.99. The van der Waals surface area contributed by atoms with Crippen LogP contribution in [0.5, 0.6) is 5.75 Å². The van der Waals surface area contributed by atoms with Crippen molar-refractivity contribution in [1.82, 2.24) is 4.90 Å². The van der Waals surface area contributed by atoms with Gasteiger partial charge in [-0.15, -0.1) is 0 Å². The number of esters is 1. The van der Waals surface area contributed by atoms with Gasteiger partial charge in [-0.2, -0.15) is 0 Å². The van der Waals surface area contributed by atoms with Crippen LogP contribution >= 0.6 is 0 Å². The van der Waals surface area contributed by atoms with Crippen molar-refractivity contribution in [3.05, 3.63) is 28.8 Å². The number of nitrogens with one attached hydrogen (secondary N) is 1. The Balaban J connectivity index is 2.38. The Morgan fingerprint density at radius 3 is 2.55 bits per heavy atom. The molecule has 1 heterocycles. The lowest BCUT2D eigenvalue weighted by molar-refractivity contribution is 0.0596. The van der Waals surface area contributed by atoms with E-state index < -0.39 is 5.97 Å². The van der Waals surface area contributed by atoms with E-state index in [1.165, 1.54) is 7.11 Å². The van der Waals surface area contributed by atoms with Gasteiger partial charge in [0, 0.05) is 24.2 Å². The summed E-state index contributed by atoms with van der Waals surface area (Å²) in [5.74, 6) is 0.485. The van der Waals surface area contributed by atoms with Crippen LogP contribution in [0.2, 0.25) is 0 Å². The summed E-state index contributed by atoms with van der Waals surface area (Å²) in [6.07, 6.45) is 0. The molecule has 0 bridgehead atoms. The fourth-order valence-electron chi connectivity index (χ4n) is 2.51. The first-order valence-corrected chi connectivity index (χ1v) is 7.36. The van der Waals surface area contributed by atoms with E-state index >= 15 is 0 Å². The van der Waals surface area contributed by atoms with Gasteiger partial charge in [0.25, 0.3) is 0 Å². The Hall–Kier alpha value is -2.08. The molecule has 0 spiro atoms. The molecule has 120 valence electrons. The first kappa shape index (κ1) is 16.3. The minimum atomic E-state index is -0.434. The van der Waals surface area contributed by atoms with Crippen LogP contribution in [0.1, 0.15) is 28.4 Å². The third kappa shape index (κ3) is 3.22. The van der Waals surface area contributed by atoms with Crippen molar-refractivity contribution < 1.29 is 19.0 Å². The standard InChI is InChI=1S/C16H22N2O4/c1-4-22-14-11(2)12(5-6-13(14)16(19)20-3)15(17)18-7-9-21-10-8-18/h5-6,17H,4,7-10H2,1-3H3. The molecule has 1 aromatic rings. The van der Waals surface area contributed by atoms with Gasteiger partial charge in [0.15, 0.2) is 0 Å². The lowest BCUT2D eigenvalue weighted by atomic mass is 10.0. The average Bonchev–Trinajstić information content (AvgIpc) is 2.56. The second kappa shape index (κ2) is 7.26. The van der Waals surface area contributed by atoms with E-state index in [0.717, 1.165) is 11.1 Å². The maximum atomic E-state index is 11.9. The summed E-state index contributed by atoms with van der Waals surface area (Å²) in [7, 11) is 1.34. The van der Waals surface area contributed by atoms with Gasteiger partial charge in [0.05, 0.1) is 26.9 Å². The van der Waals surface area contributed by atoms with Gasteiger partial charge in [-0.3, -0.25) is 5.41 Å². The zero-order valence-electron chi connectivity index (χ0n) is 13.3. The number of carbonyl (C=O) groups excluding carboxylic acids is 1. The molecular weight excluding hydrogens is 284 g/mol. The smallest absolute Gasteiger partial charge is 0.341 e. The molecule has 0 saturated carbocycles. The van der Waals surface area contributed by atoms with Gasteiger partial charge in [-0.25, -0.2) is 4.79 Å². The third-order valence-corrected chi connectivity index (χ3v) is 3.68. The van der Waals surface area contributed by atoms with Crippen LogP contribution in [0.3, 0.4) is 0 Å². The molecule has 22 heavy (non-hydrogen) atoms. The van der Waals surface area contributed by atoms with Crippen LogP contribution in [0, 0.1) is 12.3 Å². The van der Waals surface area contributed by atoms with E-state index in [0.29, 0.717) is 50.1 Å². The first-order valence-electron chi connectivity index (χ1n) is 7.36. The molecule has 6 heteroatoms. The van der Waals surface area contributed by atoms with Crippen LogP contribution in [-0.2, 0) is 9.47 Å². The summed E-state index contributed by atoms with van der Waals surface area (Å²) in [5.41, 5.74) is 1.93. The number of methoxy groups -OCH3 is 1. The second-order valence-corrected chi connectivity index (χ2v) is 4.99. The van der Waals surface area contributed by atoms with Crippen LogP contribution in [-0.4, -0.2) is 56.7 Å². The average molecular weight is 306 g/mol. The van der Waals surface area contributed by atoms with Crippen LogP contribution < -0.4 is 4.74 Å². The molecule has 2 rings (SSSR count). The quantitative estimate of drug-likeness (QED) is 0.522. The number of ether oxygens (including phenoxy) is 3. The Kier molecular flexibility index (Phi) is 5.38. The van der Waals surface area contributed by atoms with E-state index in [4.69, 9.17) is 19.6 Å². The zero-order chi connectivity index (χ0) is 16.1. The van der Waals surface area contributed by atoms with E-state index in [2.05, 4.69) is 0 Å². The highest BCUT2D eigenvalue weighted by atomic mass is 16.5. The molecule has 1 aliphatic heterocycles. The number of rotatable bonds is 4. The molecule has 0 aliphatic carbocycles. The molecule has 6 nitrogen and oxygen atoms in total. The van der Waals surface area contributed by atoms with Crippen molar-refractivity contribution in [3.8, 4) is 5.75 Å². The third-order valence-electron chi connectivity index (χ3n) is 3.68. The molecule has 1 aliphatic rings. The Bertz CT molecular complexity index is 566. The molecule has 0 atom stereocenters. The molecule has 0 amide bonds. The van der Waals surface area contributed by atoms with Crippen LogP contribution in [0.4, 0.5) is 0 Å². The predicted molar refractivity (Wildman–Crippen MR) is 82.9 cm³/mol. The van der Waals surface area contributed by atoms with Crippen LogP contribution in [0.25, 0.3) is 0 Å². The molecule has 1 aromatic carbocycles. The van der Waals surface area contributed by atoms with Gasteiger partial charge in [-0.1, -0.05) is 0 Å². The van der Waals surface area contributed by atoms with Gasteiger partial charge >= 0.3 is 5.97 Å². The fraction of sp³-hybridized carbons (Fsp3) is 0.500. The number of hydrogen-bond acceptors (Lipinski definition) is 5. The van der Waals surface area contributed by atoms with E-state index in [-0.39, 0.29) is 0 Å². The van der Waals surface area contributed by atoms with Crippen molar-refractivity contribution in [2.24, 2.45) is 0 Å². The van der Waals surface area contributed by atoms with Gasteiger partial charge < -0.3 is 19.1 Å². The fourth-order valence-corrected chi connectivity index (χ4v) is 2.51. The number of amidine groups is 1. The maximum absolute atomic E-state index is 11.9. The Labute approximate surface area is 130 Å². The van der Waals surface area contributed by atoms with Crippen molar-refractivity contribution in [3.63, 3.8) is 0 Å². The Morgan fingerprint density at radius 1 is 1.32 bits per heavy atom. The first-order chi connectivity index (χ1) is 10.6. The SMILES string of the molecule is CCOc1c(C(=O)OC)ccc(C(=N)N2CCOCC2)c1C. The summed E-state index contributed by atoms with van der Waals surface area (Å²) in [6, 6.07) is 3.44. The molecule has 0 radical (unpaired) electrons. The minimum absolute atomic E-state index is 0.389. The summed E-state index contributed by atoms with van der Waals surface area (Å²) in [5, 5.41) is 8.42. The van der Waals surface area contributed by atoms with Crippen molar-refractivity contribution >= 4 is 11.8 Å². The predicted octanol–water partition coefficient (Wildman–Crippen LogP) is 1.84. The maximum Gasteiger partial charge on any atom is 0.341 e. The van der Waals surface area contributed by atoms with Gasteiger partial charge in [0.1, 0.15) is 17.1 Å². The van der Waals surface area contributed by atoms with E-state index in [9.17, 15) is 4.79 Å². The number of benzene rings is 1. The summed E-state index contributed by atoms with van der Waals surface area (Å²) >= 11 is 0. The minimum Gasteiger partial charge on any atom is -0.493 e. The molecule has 1 saturated heterocycles. The van der Waals surface area contributed by atoms with Crippen molar-refractivity contribution in [2.45, 2.75) is 13.8 Å². The highest BCUT2D eigenvalue weighted by molar-refractivity contribution is 6.01. The molecule has 1 N–H and O–H groups in total. The van der Waals surface area contributed by atoms with Crippen LogP contribution in [0.15, 0.2) is 12.1 Å². The summed E-state index contributed by atoms with van der Waals surface area (Å²) < 4.78 is 15.7. The molecule has 0 aromatic heterocycles. The number of carbonyl (C=O) groups is 1. The summed E-state index contributed by atoms with van der Waals surface area (Å²) in [6.45, 7) is 6.81. The monoisotopic (exact) mass is 306 g/mol. The highest BCUT2D eigenvalue weighted by Crippen LogP contribution is 2.28. The topological polar surface area (TPSA) is 71.9 Å². The van der Waals surface area contributed by atoms with E-state index in [1.54, 1.807) is 12.1 Å².